The Labute approximate surface area is 180 Å². The Kier molecular flexibility index (Phi) is 6.32. The van der Waals surface area contributed by atoms with E-state index in [9.17, 15) is 13.2 Å². The van der Waals surface area contributed by atoms with Crippen molar-refractivity contribution < 1.29 is 13.2 Å². The van der Waals surface area contributed by atoms with Crippen molar-refractivity contribution >= 4 is 17.4 Å². The van der Waals surface area contributed by atoms with E-state index >= 15 is 0 Å². The van der Waals surface area contributed by atoms with Crippen LogP contribution in [0.1, 0.15) is 48.4 Å². The first kappa shape index (κ1) is 21.5. The number of nitrogens with one attached hydrogen (secondary N) is 1. The number of nitrogens with two attached hydrogens (primary N) is 1. The second-order valence-corrected chi connectivity index (χ2v) is 9.27. The smallest absolute Gasteiger partial charge is 0.382 e. The van der Waals surface area contributed by atoms with Crippen molar-refractivity contribution in [3.63, 3.8) is 0 Å². The molecule has 0 atom stereocenters. The molecule has 2 aromatic rings. The number of rotatable bonds is 5. The van der Waals surface area contributed by atoms with Crippen LogP contribution in [-0.2, 0) is 19.1 Å². The molecule has 3 nitrogen and oxygen atoms in total. The number of hydrogen-bond acceptors (Lipinski definition) is 4. The van der Waals surface area contributed by atoms with E-state index in [1.54, 1.807) is 0 Å². The summed E-state index contributed by atoms with van der Waals surface area (Å²) in [6, 6.07) is 8.87. The Hall–Kier alpha value is -1.70. The van der Waals surface area contributed by atoms with E-state index in [-0.39, 0.29) is 6.04 Å². The lowest BCUT2D eigenvalue weighted by Gasteiger charge is -2.34. The molecule has 1 fully saturated rings. The van der Waals surface area contributed by atoms with Crippen LogP contribution in [0.25, 0.3) is 0 Å². The lowest BCUT2D eigenvalue weighted by atomic mass is 9.97. The van der Waals surface area contributed by atoms with Gasteiger partial charge in [-0.25, -0.2) is 0 Å². The van der Waals surface area contributed by atoms with Gasteiger partial charge < -0.3 is 16.0 Å². The highest BCUT2D eigenvalue weighted by Crippen LogP contribution is 2.46. The number of alkyl halides is 3. The van der Waals surface area contributed by atoms with Crippen molar-refractivity contribution in [1.29, 1.82) is 0 Å². The number of halogens is 3. The molecular weight excluding hydrogens is 407 g/mol. The summed E-state index contributed by atoms with van der Waals surface area (Å²) in [5, 5.41) is 3.48. The predicted molar refractivity (Wildman–Crippen MR) is 116 cm³/mol. The molecule has 0 unspecified atom stereocenters. The molecule has 1 saturated heterocycles. The molecule has 4 rings (SSSR count). The van der Waals surface area contributed by atoms with Crippen LogP contribution in [-0.4, -0.2) is 30.6 Å². The van der Waals surface area contributed by atoms with Gasteiger partial charge in [-0.1, -0.05) is 30.8 Å². The Balaban J connectivity index is 1.62. The molecule has 0 bridgehead atoms. The topological polar surface area (TPSA) is 41.3 Å². The van der Waals surface area contributed by atoms with Crippen LogP contribution in [0.3, 0.4) is 0 Å². The minimum Gasteiger partial charge on any atom is -0.382 e. The third kappa shape index (κ3) is 4.63. The Morgan fingerprint density at radius 3 is 2.57 bits per heavy atom. The summed E-state index contributed by atoms with van der Waals surface area (Å²) in [5.74, 6) is 0. The van der Waals surface area contributed by atoms with Crippen LogP contribution in [0.15, 0.2) is 40.1 Å². The van der Waals surface area contributed by atoms with E-state index in [1.165, 1.54) is 23.9 Å². The zero-order chi connectivity index (χ0) is 21.3. The first-order chi connectivity index (χ1) is 14.4. The number of nitrogens with zero attached hydrogens (tertiary/aromatic N) is 1. The fourth-order valence-electron chi connectivity index (χ4n) is 4.32. The maximum absolute atomic E-state index is 13.6. The van der Waals surface area contributed by atoms with Crippen molar-refractivity contribution in [2.45, 2.75) is 61.2 Å². The molecule has 162 valence electrons. The Morgan fingerprint density at radius 2 is 1.90 bits per heavy atom. The van der Waals surface area contributed by atoms with Crippen molar-refractivity contribution in [2.75, 3.05) is 25.0 Å². The van der Waals surface area contributed by atoms with E-state index < -0.39 is 11.7 Å². The van der Waals surface area contributed by atoms with Crippen LogP contribution in [0, 0.1) is 0 Å². The van der Waals surface area contributed by atoms with E-state index in [0.717, 1.165) is 60.5 Å². The van der Waals surface area contributed by atoms with Gasteiger partial charge in [0, 0.05) is 47.6 Å². The average molecular weight is 436 g/mol. The van der Waals surface area contributed by atoms with Crippen LogP contribution in [0.2, 0.25) is 0 Å². The summed E-state index contributed by atoms with van der Waals surface area (Å²) in [7, 11) is 0. The predicted octanol–water partition coefficient (Wildman–Crippen LogP) is 5.51. The monoisotopic (exact) mass is 435 g/mol. The zero-order valence-corrected chi connectivity index (χ0v) is 18.0. The molecule has 30 heavy (non-hydrogen) atoms. The van der Waals surface area contributed by atoms with E-state index in [4.69, 9.17) is 5.73 Å². The lowest BCUT2D eigenvalue weighted by Crippen LogP contribution is -2.39. The number of hydrogen-bond donors (Lipinski definition) is 2. The number of benzene rings is 2. The van der Waals surface area contributed by atoms with Crippen LogP contribution in [0.5, 0.6) is 0 Å². The summed E-state index contributed by atoms with van der Waals surface area (Å²) < 4.78 is 40.8. The van der Waals surface area contributed by atoms with Crippen molar-refractivity contribution in [3.8, 4) is 0 Å². The quantitative estimate of drug-likeness (QED) is 0.555. The van der Waals surface area contributed by atoms with Crippen molar-refractivity contribution in [1.82, 2.24) is 4.90 Å². The maximum Gasteiger partial charge on any atom is 0.416 e. The fraction of sp³-hybridized carbons (Fsp3) is 0.478. The minimum atomic E-state index is -4.37. The molecule has 7 heteroatoms. The Bertz CT molecular complexity index is 905. The van der Waals surface area contributed by atoms with Gasteiger partial charge in [-0.2, -0.15) is 13.2 Å². The third-order valence-corrected chi connectivity index (χ3v) is 7.16. The van der Waals surface area contributed by atoms with Gasteiger partial charge in [0.25, 0.3) is 0 Å². The molecule has 0 amide bonds. The SMILES string of the molecule is CCCN1CCC(Nc2cc(C(F)(F)F)cc3c2Cc2ccc(CN)cc2S3)CC1. The molecule has 3 N–H and O–H groups in total. The van der Waals surface area contributed by atoms with Crippen LogP contribution >= 0.6 is 11.8 Å². The summed E-state index contributed by atoms with van der Waals surface area (Å²) in [6.45, 7) is 5.67. The summed E-state index contributed by atoms with van der Waals surface area (Å²) in [4.78, 5) is 4.13. The first-order valence-electron chi connectivity index (χ1n) is 10.6. The van der Waals surface area contributed by atoms with E-state index in [0.29, 0.717) is 23.5 Å². The highest BCUT2D eigenvalue weighted by Gasteiger charge is 2.34. The maximum atomic E-state index is 13.6. The van der Waals surface area contributed by atoms with Gasteiger partial charge in [0.05, 0.1) is 5.56 Å². The molecule has 2 aliphatic heterocycles. The van der Waals surface area contributed by atoms with Crippen LogP contribution < -0.4 is 11.1 Å². The Morgan fingerprint density at radius 1 is 1.13 bits per heavy atom. The molecular formula is C23H28F3N3S. The number of piperidine rings is 1. The zero-order valence-electron chi connectivity index (χ0n) is 17.2. The summed E-state index contributed by atoms with van der Waals surface area (Å²) in [5.41, 5.74) is 8.90. The van der Waals surface area contributed by atoms with Crippen LogP contribution in [0.4, 0.5) is 18.9 Å². The average Bonchev–Trinajstić information content (AvgIpc) is 2.72. The van der Waals surface area contributed by atoms with Gasteiger partial charge in [0.1, 0.15) is 0 Å². The molecule has 0 radical (unpaired) electrons. The molecule has 2 heterocycles. The fourth-order valence-corrected chi connectivity index (χ4v) is 5.53. The largest absolute Gasteiger partial charge is 0.416 e. The van der Waals surface area contributed by atoms with Gasteiger partial charge in [-0.15, -0.1) is 0 Å². The highest BCUT2D eigenvalue weighted by atomic mass is 32.2. The van der Waals surface area contributed by atoms with Gasteiger partial charge in [0.15, 0.2) is 0 Å². The second kappa shape index (κ2) is 8.81. The van der Waals surface area contributed by atoms with Gasteiger partial charge in [-0.3, -0.25) is 0 Å². The molecule has 0 aromatic heterocycles. The number of fused-ring (bicyclic) bond motifs is 2. The van der Waals surface area contributed by atoms with Gasteiger partial charge in [-0.05, 0) is 60.7 Å². The number of anilines is 1. The molecule has 0 aliphatic carbocycles. The molecule has 2 aliphatic rings. The first-order valence-corrected chi connectivity index (χ1v) is 11.4. The highest BCUT2D eigenvalue weighted by molar-refractivity contribution is 7.99. The number of likely N-dealkylation sites (tertiary alicyclic amines) is 1. The molecule has 2 aromatic carbocycles. The van der Waals surface area contributed by atoms with E-state index in [2.05, 4.69) is 23.2 Å². The standard InChI is InChI=1S/C23H28F3N3S/c1-2-7-29-8-5-18(6-9-29)28-20-12-17(23(24,25)26)13-22-19(20)11-16-4-3-15(14-27)10-21(16)30-22/h3-4,10,12-13,18,28H,2,5-9,11,14,27H2,1H3. The van der Waals surface area contributed by atoms with Gasteiger partial charge >= 0.3 is 6.18 Å². The van der Waals surface area contributed by atoms with E-state index in [1.807, 2.05) is 12.1 Å². The normalized spacial score (nSPS) is 17.5. The minimum absolute atomic E-state index is 0.205. The molecule has 0 spiro atoms. The molecule has 0 saturated carbocycles. The van der Waals surface area contributed by atoms with Crippen molar-refractivity contribution in [3.05, 3.63) is 52.6 Å². The van der Waals surface area contributed by atoms with Gasteiger partial charge in [0.2, 0.25) is 0 Å². The second-order valence-electron chi connectivity index (χ2n) is 8.18. The van der Waals surface area contributed by atoms with Crippen molar-refractivity contribution in [2.24, 2.45) is 5.73 Å². The third-order valence-electron chi connectivity index (χ3n) is 5.98. The summed E-state index contributed by atoms with van der Waals surface area (Å²) >= 11 is 1.42. The summed E-state index contributed by atoms with van der Waals surface area (Å²) in [6.07, 6.45) is -0.696. The lowest BCUT2D eigenvalue weighted by molar-refractivity contribution is -0.137.